The van der Waals surface area contributed by atoms with Crippen LogP contribution in [-0.2, 0) is 29.1 Å². The highest BCUT2D eigenvalue weighted by atomic mass is 16.5. The molecule has 0 N–H and O–H groups in total. The molecule has 1 aromatic carbocycles. The van der Waals surface area contributed by atoms with E-state index in [0.29, 0.717) is 32.5 Å². The molecule has 29 heavy (non-hydrogen) atoms. The minimum atomic E-state index is -0.0245. The SMILES string of the molecule is COc1ccc(CCC(=O)N2CCC[C@H]2c2nnc3n2CCN(C(C)=O)C3)cc1. The Labute approximate surface area is 170 Å². The van der Waals surface area contributed by atoms with E-state index in [-0.39, 0.29) is 17.9 Å². The Morgan fingerprint density at radius 3 is 2.66 bits per heavy atom. The molecule has 154 valence electrons. The van der Waals surface area contributed by atoms with Gasteiger partial charge >= 0.3 is 0 Å². The minimum Gasteiger partial charge on any atom is -0.497 e. The van der Waals surface area contributed by atoms with Crippen molar-refractivity contribution in [1.82, 2.24) is 24.6 Å². The van der Waals surface area contributed by atoms with Crippen LogP contribution >= 0.6 is 0 Å². The van der Waals surface area contributed by atoms with Gasteiger partial charge in [0.15, 0.2) is 11.6 Å². The van der Waals surface area contributed by atoms with Crippen LogP contribution in [0.25, 0.3) is 0 Å². The largest absolute Gasteiger partial charge is 0.497 e. The van der Waals surface area contributed by atoms with Crippen LogP contribution in [0.15, 0.2) is 24.3 Å². The maximum atomic E-state index is 12.9. The van der Waals surface area contributed by atoms with E-state index in [1.54, 1.807) is 18.9 Å². The van der Waals surface area contributed by atoms with Crippen LogP contribution in [0.4, 0.5) is 0 Å². The smallest absolute Gasteiger partial charge is 0.223 e. The molecule has 8 nitrogen and oxygen atoms in total. The van der Waals surface area contributed by atoms with Gasteiger partial charge in [0, 0.05) is 33.0 Å². The Morgan fingerprint density at radius 2 is 1.93 bits per heavy atom. The molecule has 1 saturated heterocycles. The average molecular weight is 397 g/mol. The number of methoxy groups -OCH3 is 1. The summed E-state index contributed by atoms with van der Waals surface area (Å²) in [4.78, 5) is 28.3. The Hall–Kier alpha value is -2.90. The summed E-state index contributed by atoms with van der Waals surface area (Å²) in [5, 5.41) is 8.72. The summed E-state index contributed by atoms with van der Waals surface area (Å²) in [7, 11) is 1.65. The normalized spacial score (nSPS) is 18.6. The summed E-state index contributed by atoms with van der Waals surface area (Å²) in [5.74, 6) is 2.69. The first-order valence-corrected chi connectivity index (χ1v) is 10.2. The molecule has 4 rings (SSSR count). The molecule has 0 bridgehead atoms. The third-order valence-electron chi connectivity index (χ3n) is 5.88. The molecule has 0 radical (unpaired) electrons. The van der Waals surface area contributed by atoms with Crippen molar-refractivity contribution in [3.8, 4) is 5.75 Å². The van der Waals surface area contributed by atoms with E-state index in [1.807, 2.05) is 29.2 Å². The Bertz CT molecular complexity index is 892. The lowest BCUT2D eigenvalue weighted by atomic mass is 10.1. The van der Waals surface area contributed by atoms with Crippen molar-refractivity contribution >= 4 is 11.8 Å². The number of hydrogen-bond donors (Lipinski definition) is 0. The van der Waals surface area contributed by atoms with E-state index in [9.17, 15) is 9.59 Å². The third kappa shape index (κ3) is 3.97. The Balaban J connectivity index is 1.42. The fraction of sp³-hybridized carbons (Fsp3) is 0.524. The topological polar surface area (TPSA) is 80.6 Å². The molecule has 3 heterocycles. The van der Waals surface area contributed by atoms with Crippen molar-refractivity contribution in [2.24, 2.45) is 0 Å². The quantitative estimate of drug-likeness (QED) is 0.770. The second-order valence-corrected chi connectivity index (χ2v) is 7.66. The van der Waals surface area contributed by atoms with Crippen molar-refractivity contribution in [1.29, 1.82) is 0 Å². The third-order valence-corrected chi connectivity index (χ3v) is 5.88. The summed E-state index contributed by atoms with van der Waals surface area (Å²) in [5.41, 5.74) is 1.12. The first-order chi connectivity index (χ1) is 14.1. The molecule has 1 atom stereocenters. The predicted octanol–water partition coefficient (Wildman–Crippen LogP) is 1.95. The molecule has 0 unspecified atom stereocenters. The molecule has 0 saturated carbocycles. The van der Waals surface area contributed by atoms with Gasteiger partial charge in [-0.1, -0.05) is 12.1 Å². The summed E-state index contributed by atoms with van der Waals surface area (Å²) >= 11 is 0. The predicted molar refractivity (Wildman–Crippen MR) is 106 cm³/mol. The van der Waals surface area contributed by atoms with E-state index in [0.717, 1.165) is 42.3 Å². The zero-order valence-corrected chi connectivity index (χ0v) is 17.0. The maximum absolute atomic E-state index is 12.9. The lowest BCUT2D eigenvalue weighted by molar-refractivity contribution is -0.132. The molecule has 8 heteroatoms. The standard InChI is InChI=1S/C21H27N5O3/c1-15(27)24-12-13-26-19(14-24)22-23-21(26)18-4-3-11-25(18)20(28)10-7-16-5-8-17(29-2)9-6-16/h5-6,8-9,18H,3-4,7,10-14H2,1-2H3/t18-/m0/s1. The number of amides is 2. The first-order valence-electron chi connectivity index (χ1n) is 10.2. The van der Waals surface area contributed by atoms with E-state index < -0.39 is 0 Å². The van der Waals surface area contributed by atoms with Gasteiger partial charge < -0.3 is 19.1 Å². The van der Waals surface area contributed by atoms with Crippen LogP contribution in [0.3, 0.4) is 0 Å². The lowest BCUT2D eigenvalue weighted by Crippen LogP contribution is -2.38. The number of fused-ring (bicyclic) bond motifs is 1. The monoisotopic (exact) mass is 397 g/mol. The van der Waals surface area contributed by atoms with Crippen molar-refractivity contribution in [2.45, 2.75) is 51.7 Å². The van der Waals surface area contributed by atoms with Gasteiger partial charge in [-0.2, -0.15) is 0 Å². The van der Waals surface area contributed by atoms with Crippen molar-refractivity contribution < 1.29 is 14.3 Å². The number of carbonyl (C=O) groups excluding carboxylic acids is 2. The molecule has 2 aliphatic rings. The first kappa shape index (κ1) is 19.4. The van der Waals surface area contributed by atoms with Crippen LogP contribution < -0.4 is 4.74 Å². The average Bonchev–Trinajstić information content (AvgIpc) is 3.38. The highest BCUT2D eigenvalue weighted by molar-refractivity contribution is 5.77. The number of benzene rings is 1. The second kappa shape index (κ2) is 8.23. The molecule has 0 spiro atoms. The number of likely N-dealkylation sites (tertiary alicyclic amines) is 1. The molecule has 2 aliphatic heterocycles. The summed E-state index contributed by atoms with van der Waals surface area (Å²) in [6.07, 6.45) is 3.06. The number of aromatic nitrogens is 3. The fourth-order valence-corrected chi connectivity index (χ4v) is 4.22. The number of nitrogens with zero attached hydrogens (tertiary/aromatic N) is 5. The van der Waals surface area contributed by atoms with Crippen LogP contribution in [0.2, 0.25) is 0 Å². The van der Waals surface area contributed by atoms with Gasteiger partial charge in [0.25, 0.3) is 0 Å². The summed E-state index contributed by atoms with van der Waals surface area (Å²) in [6.45, 7) is 4.16. The Morgan fingerprint density at radius 1 is 1.14 bits per heavy atom. The lowest BCUT2D eigenvalue weighted by Gasteiger charge is -2.29. The number of hydrogen-bond acceptors (Lipinski definition) is 5. The molecule has 2 aromatic rings. The Kier molecular flexibility index (Phi) is 5.51. The van der Waals surface area contributed by atoms with Gasteiger partial charge in [-0.05, 0) is 37.0 Å². The van der Waals surface area contributed by atoms with Gasteiger partial charge in [0.1, 0.15) is 5.75 Å². The number of ether oxygens (including phenoxy) is 1. The van der Waals surface area contributed by atoms with Crippen LogP contribution in [-0.4, -0.2) is 56.6 Å². The van der Waals surface area contributed by atoms with Crippen molar-refractivity contribution in [3.63, 3.8) is 0 Å². The molecule has 1 aromatic heterocycles. The maximum Gasteiger partial charge on any atom is 0.223 e. The van der Waals surface area contributed by atoms with Crippen molar-refractivity contribution in [3.05, 3.63) is 41.5 Å². The summed E-state index contributed by atoms with van der Waals surface area (Å²) < 4.78 is 7.28. The molecule has 2 amide bonds. The molecule has 1 fully saturated rings. The van der Waals surface area contributed by atoms with Gasteiger partial charge in [0.05, 0.1) is 19.7 Å². The van der Waals surface area contributed by atoms with Gasteiger partial charge in [-0.25, -0.2) is 0 Å². The van der Waals surface area contributed by atoms with Crippen molar-refractivity contribution in [2.75, 3.05) is 20.2 Å². The number of rotatable bonds is 5. The molecular formula is C21H27N5O3. The molecular weight excluding hydrogens is 370 g/mol. The van der Waals surface area contributed by atoms with Crippen LogP contribution in [0.1, 0.15) is 49.4 Å². The van der Waals surface area contributed by atoms with Crippen LogP contribution in [0.5, 0.6) is 5.75 Å². The zero-order chi connectivity index (χ0) is 20.4. The highest BCUT2D eigenvalue weighted by Gasteiger charge is 2.35. The van der Waals surface area contributed by atoms with Gasteiger partial charge in [-0.15, -0.1) is 10.2 Å². The number of carbonyl (C=O) groups is 2. The van der Waals surface area contributed by atoms with Crippen LogP contribution in [0, 0.1) is 0 Å². The van der Waals surface area contributed by atoms with E-state index >= 15 is 0 Å². The second-order valence-electron chi connectivity index (χ2n) is 7.66. The molecule has 0 aliphatic carbocycles. The minimum absolute atomic E-state index is 0.0245. The van der Waals surface area contributed by atoms with E-state index in [2.05, 4.69) is 14.8 Å². The van der Waals surface area contributed by atoms with E-state index in [4.69, 9.17) is 4.74 Å². The number of aryl methyl sites for hydroxylation is 1. The van der Waals surface area contributed by atoms with Gasteiger partial charge in [-0.3, -0.25) is 9.59 Å². The van der Waals surface area contributed by atoms with E-state index in [1.165, 1.54) is 0 Å². The highest BCUT2D eigenvalue weighted by Crippen LogP contribution is 2.32. The zero-order valence-electron chi connectivity index (χ0n) is 17.0. The van der Waals surface area contributed by atoms with Gasteiger partial charge in [0.2, 0.25) is 11.8 Å². The fourth-order valence-electron chi connectivity index (χ4n) is 4.22. The summed E-state index contributed by atoms with van der Waals surface area (Å²) in [6, 6.07) is 7.83.